The number of carbonyl (C=O) groups is 2. The van der Waals surface area contributed by atoms with Gasteiger partial charge in [-0.1, -0.05) is 24.3 Å². The normalized spacial score (nSPS) is 14.5. The van der Waals surface area contributed by atoms with Crippen LogP contribution in [0.4, 0.5) is 0 Å². The minimum absolute atomic E-state index is 0.0966. The summed E-state index contributed by atoms with van der Waals surface area (Å²) in [5.74, 6) is -1.76. The van der Waals surface area contributed by atoms with Crippen molar-refractivity contribution in [2.45, 2.75) is 6.61 Å². The summed E-state index contributed by atoms with van der Waals surface area (Å²) in [5, 5.41) is 18.2. The second-order valence-corrected chi connectivity index (χ2v) is 4.86. The van der Waals surface area contributed by atoms with E-state index in [2.05, 4.69) is 0 Å². The number of aliphatic carboxylic acids is 1. The molecule has 2 N–H and O–H groups in total. The maximum atomic E-state index is 11.2. The fourth-order valence-electron chi connectivity index (χ4n) is 2.49. The molecule has 1 aliphatic heterocycles. The van der Waals surface area contributed by atoms with Gasteiger partial charge < -0.3 is 14.9 Å². The number of rotatable bonds is 2. The molecular formula is C17H12O5. The average molecular weight is 296 g/mol. The van der Waals surface area contributed by atoms with Gasteiger partial charge in [-0.15, -0.1) is 0 Å². The average Bonchev–Trinajstić information content (AvgIpc) is 2.64. The summed E-state index contributed by atoms with van der Waals surface area (Å²) >= 11 is 0. The van der Waals surface area contributed by atoms with Crippen LogP contribution in [-0.2, 0) is 11.4 Å². The fraction of sp³-hybridized carbons (Fsp3) is 0.0588. The third-order valence-electron chi connectivity index (χ3n) is 3.48. The maximum absolute atomic E-state index is 11.2. The summed E-state index contributed by atoms with van der Waals surface area (Å²) in [6.45, 7) is 0.253. The number of carboxylic acid groups (broad SMARTS) is 2. The van der Waals surface area contributed by atoms with Gasteiger partial charge >= 0.3 is 11.9 Å². The number of ether oxygens (including phenoxy) is 1. The number of hydrogen-bond acceptors (Lipinski definition) is 3. The third-order valence-corrected chi connectivity index (χ3v) is 3.48. The molecule has 110 valence electrons. The van der Waals surface area contributed by atoms with Crippen LogP contribution in [0.25, 0.3) is 5.57 Å². The lowest BCUT2D eigenvalue weighted by molar-refractivity contribution is -0.131. The first-order valence-electron chi connectivity index (χ1n) is 6.59. The van der Waals surface area contributed by atoms with Crippen molar-refractivity contribution in [3.8, 4) is 5.75 Å². The highest BCUT2D eigenvalue weighted by molar-refractivity contribution is 5.98. The number of benzene rings is 2. The van der Waals surface area contributed by atoms with Gasteiger partial charge in [-0.25, -0.2) is 9.59 Å². The van der Waals surface area contributed by atoms with E-state index < -0.39 is 11.9 Å². The predicted octanol–water partition coefficient (Wildman–Crippen LogP) is 2.79. The van der Waals surface area contributed by atoms with Gasteiger partial charge in [0.2, 0.25) is 0 Å². The predicted molar refractivity (Wildman–Crippen MR) is 78.9 cm³/mol. The smallest absolute Gasteiger partial charge is 0.335 e. The Morgan fingerprint density at radius 3 is 2.55 bits per heavy atom. The molecule has 22 heavy (non-hydrogen) atoms. The molecule has 1 aliphatic rings. The van der Waals surface area contributed by atoms with Gasteiger partial charge in [-0.3, -0.25) is 0 Å². The number of hydrogen-bond donors (Lipinski definition) is 2. The molecule has 3 rings (SSSR count). The Morgan fingerprint density at radius 1 is 1.05 bits per heavy atom. The van der Waals surface area contributed by atoms with Crippen LogP contribution in [0.15, 0.2) is 48.5 Å². The SMILES string of the molecule is O=C(O)/C=C1/c2ccccc2COc2cc(C(=O)O)ccc21. The van der Waals surface area contributed by atoms with Crippen LogP contribution in [-0.4, -0.2) is 22.2 Å². The summed E-state index contributed by atoms with van der Waals surface area (Å²) in [6, 6.07) is 11.8. The van der Waals surface area contributed by atoms with Crippen molar-refractivity contribution in [1.82, 2.24) is 0 Å². The monoisotopic (exact) mass is 296 g/mol. The van der Waals surface area contributed by atoms with Gasteiger partial charge in [-0.2, -0.15) is 0 Å². The van der Waals surface area contributed by atoms with Crippen LogP contribution < -0.4 is 4.74 Å². The van der Waals surface area contributed by atoms with E-state index in [-0.39, 0.29) is 12.2 Å². The highest BCUT2D eigenvalue weighted by atomic mass is 16.5. The first-order chi connectivity index (χ1) is 10.6. The van der Waals surface area contributed by atoms with Gasteiger partial charge in [0.1, 0.15) is 12.4 Å². The zero-order valence-corrected chi connectivity index (χ0v) is 11.4. The van der Waals surface area contributed by atoms with Gasteiger partial charge in [0.05, 0.1) is 5.56 Å². The summed E-state index contributed by atoms with van der Waals surface area (Å²) < 4.78 is 5.68. The molecule has 0 saturated carbocycles. The van der Waals surface area contributed by atoms with Gasteiger partial charge in [0.15, 0.2) is 0 Å². The molecule has 1 heterocycles. The van der Waals surface area contributed by atoms with Crippen molar-refractivity contribution in [3.63, 3.8) is 0 Å². The van der Waals surface area contributed by atoms with Crippen molar-refractivity contribution >= 4 is 17.5 Å². The van der Waals surface area contributed by atoms with Crippen LogP contribution >= 0.6 is 0 Å². The van der Waals surface area contributed by atoms with Gasteiger partial charge in [-0.05, 0) is 29.3 Å². The minimum Gasteiger partial charge on any atom is -0.488 e. The highest BCUT2D eigenvalue weighted by Crippen LogP contribution is 2.37. The number of fused-ring (bicyclic) bond motifs is 2. The van der Waals surface area contributed by atoms with E-state index >= 15 is 0 Å². The summed E-state index contributed by atoms with van der Waals surface area (Å²) in [7, 11) is 0. The quantitative estimate of drug-likeness (QED) is 0.832. The lowest BCUT2D eigenvalue weighted by atomic mass is 9.93. The van der Waals surface area contributed by atoms with E-state index in [0.717, 1.165) is 17.2 Å². The fourth-order valence-corrected chi connectivity index (χ4v) is 2.49. The Labute approximate surface area is 126 Å². The largest absolute Gasteiger partial charge is 0.488 e. The van der Waals surface area contributed by atoms with E-state index in [1.54, 1.807) is 6.07 Å². The second kappa shape index (κ2) is 5.37. The van der Waals surface area contributed by atoms with Crippen molar-refractivity contribution in [2.75, 3.05) is 0 Å². The molecule has 0 fully saturated rings. The first-order valence-corrected chi connectivity index (χ1v) is 6.59. The first kappa shape index (κ1) is 13.9. The van der Waals surface area contributed by atoms with Crippen molar-refractivity contribution in [1.29, 1.82) is 0 Å². The van der Waals surface area contributed by atoms with E-state index in [4.69, 9.17) is 14.9 Å². The van der Waals surface area contributed by atoms with Crippen molar-refractivity contribution in [3.05, 3.63) is 70.8 Å². The number of carboxylic acids is 2. The van der Waals surface area contributed by atoms with E-state index in [1.807, 2.05) is 24.3 Å². The molecule has 0 spiro atoms. The minimum atomic E-state index is -1.07. The van der Waals surface area contributed by atoms with E-state index in [9.17, 15) is 9.59 Å². The van der Waals surface area contributed by atoms with Crippen LogP contribution in [0.5, 0.6) is 5.75 Å². The molecule has 0 aromatic heterocycles. The summed E-state index contributed by atoms with van der Waals surface area (Å²) in [4.78, 5) is 22.2. The molecule has 0 radical (unpaired) electrons. The molecule has 0 amide bonds. The topological polar surface area (TPSA) is 83.8 Å². The Hall–Kier alpha value is -3.08. The summed E-state index contributed by atoms with van der Waals surface area (Å²) in [5.41, 5.74) is 2.79. The molecular weight excluding hydrogens is 284 g/mol. The lowest BCUT2D eigenvalue weighted by Gasteiger charge is -2.10. The third kappa shape index (κ3) is 2.44. The molecule has 0 saturated heterocycles. The Balaban J connectivity index is 2.24. The molecule has 2 aromatic rings. The maximum Gasteiger partial charge on any atom is 0.335 e. The molecule has 0 bridgehead atoms. The standard InChI is InChI=1S/C17H12O5/c18-16(19)8-14-12-4-2-1-3-11(12)9-22-15-7-10(17(20)21)5-6-13(14)15/h1-8H,9H2,(H,18,19)(H,20,21)/b14-8-. The molecule has 5 nitrogen and oxygen atoms in total. The second-order valence-electron chi connectivity index (χ2n) is 4.86. The Bertz CT molecular complexity index is 804. The molecule has 2 aromatic carbocycles. The zero-order valence-electron chi connectivity index (χ0n) is 11.4. The van der Waals surface area contributed by atoms with Crippen LogP contribution in [0, 0.1) is 0 Å². The van der Waals surface area contributed by atoms with Gasteiger partial charge in [0.25, 0.3) is 0 Å². The Kier molecular flexibility index (Phi) is 3.39. The molecule has 0 atom stereocenters. The lowest BCUT2D eigenvalue weighted by Crippen LogP contribution is -2.00. The van der Waals surface area contributed by atoms with Gasteiger partial charge in [0, 0.05) is 17.2 Å². The van der Waals surface area contributed by atoms with Crippen LogP contribution in [0.1, 0.15) is 27.0 Å². The zero-order chi connectivity index (χ0) is 15.7. The number of aromatic carboxylic acids is 1. The van der Waals surface area contributed by atoms with Crippen LogP contribution in [0.3, 0.4) is 0 Å². The van der Waals surface area contributed by atoms with E-state index in [1.165, 1.54) is 12.1 Å². The van der Waals surface area contributed by atoms with Crippen molar-refractivity contribution < 1.29 is 24.5 Å². The van der Waals surface area contributed by atoms with E-state index in [0.29, 0.717) is 16.9 Å². The van der Waals surface area contributed by atoms with Crippen molar-refractivity contribution in [2.24, 2.45) is 0 Å². The Morgan fingerprint density at radius 2 is 1.82 bits per heavy atom. The molecule has 5 heteroatoms. The molecule has 0 unspecified atom stereocenters. The molecule has 0 aliphatic carbocycles. The van der Waals surface area contributed by atoms with Crippen LogP contribution in [0.2, 0.25) is 0 Å². The summed E-state index contributed by atoms with van der Waals surface area (Å²) in [6.07, 6.45) is 1.12. The highest BCUT2D eigenvalue weighted by Gasteiger charge is 2.21.